The molecule has 0 heterocycles. The number of rotatable bonds is 18. The highest BCUT2D eigenvalue weighted by Gasteiger charge is 2.29. The molecule has 0 radical (unpaired) electrons. The highest BCUT2D eigenvalue weighted by atomic mass is 16.6. The monoisotopic (exact) mass is 825 g/mol. The predicted octanol–water partition coefficient (Wildman–Crippen LogP) is 6.67. The molecule has 0 bridgehead atoms. The van der Waals surface area contributed by atoms with Gasteiger partial charge < -0.3 is 46.3 Å². The first-order valence-corrected chi connectivity index (χ1v) is 19.9. The molecule has 0 aliphatic heterocycles. The highest BCUT2D eigenvalue weighted by molar-refractivity contribution is 5.91. The first kappa shape index (κ1) is 47.8. The summed E-state index contributed by atoms with van der Waals surface area (Å²) >= 11 is 0. The molecule has 14 nitrogen and oxygen atoms in total. The molecule has 0 spiro atoms. The molecule has 14 heteroatoms. The lowest BCUT2D eigenvalue weighted by Gasteiger charge is -2.26. The van der Waals surface area contributed by atoms with Gasteiger partial charge in [-0.25, -0.2) is 14.4 Å². The second kappa shape index (κ2) is 25.0. The third-order valence-corrected chi connectivity index (χ3v) is 8.89. The maximum Gasteiger partial charge on any atom is 0.408 e. The zero-order valence-electron chi connectivity index (χ0n) is 35.1. The van der Waals surface area contributed by atoms with E-state index in [4.69, 9.17) is 15.2 Å². The SMILES string of the molecule is Cc1cc(O)cc(C)c1CC(NC(=O)OC(C)(C)C)C(=O)NC(CCCNC(=O)OCc1ccccc1)C(=O)NCCCc1ccccc1.NC(=O)OCc1ccccc1. The summed E-state index contributed by atoms with van der Waals surface area (Å²) in [6, 6.07) is 29.8. The van der Waals surface area contributed by atoms with Crippen molar-refractivity contribution in [2.24, 2.45) is 5.73 Å². The van der Waals surface area contributed by atoms with Gasteiger partial charge in [-0.1, -0.05) is 91.0 Å². The molecule has 0 aliphatic carbocycles. The summed E-state index contributed by atoms with van der Waals surface area (Å²) in [5, 5.41) is 21.2. The Morgan fingerprint density at radius 2 is 1.17 bits per heavy atom. The lowest BCUT2D eigenvalue weighted by Crippen LogP contribution is -2.55. The summed E-state index contributed by atoms with van der Waals surface area (Å²) in [6.45, 7) is 9.78. The van der Waals surface area contributed by atoms with Gasteiger partial charge in [0.05, 0.1) is 0 Å². The zero-order valence-corrected chi connectivity index (χ0v) is 35.1. The van der Waals surface area contributed by atoms with Crippen molar-refractivity contribution >= 4 is 30.1 Å². The molecule has 60 heavy (non-hydrogen) atoms. The molecule has 0 aliphatic rings. The third kappa shape index (κ3) is 19.2. The van der Waals surface area contributed by atoms with Crippen LogP contribution >= 0.6 is 0 Å². The fourth-order valence-corrected chi connectivity index (χ4v) is 5.97. The number of ether oxygens (including phenoxy) is 3. The number of alkyl carbamates (subject to hydrolysis) is 2. The van der Waals surface area contributed by atoms with Gasteiger partial charge in [0, 0.05) is 19.5 Å². The molecule has 4 rings (SSSR count). The van der Waals surface area contributed by atoms with Crippen LogP contribution < -0.4 is 27.0 Å². The van der Waals surface area contributed by atoms with E-state index >= 15 is 0 Å². The fraction of sp³-hybridized carbons (Fsp3) is 0.370. The number of aromatic hydroxyl groups is 1. The van der Waals surface area contributed by atoms with E-state index in [2.05, 4.69) is 26.0 Å². The number of hydrogen-bond acceptors (Lipinski definition) is 9. The van der Waals surface area contributed by atoms with E-state index < -0.39 is 41.9 Å². The van der Waals surface area contributed by atoms with Crippen molar-refractivity contribution in [3.63, 3.8) is 0 Å². The van der Waals surface area contributed by atoms with Crippen molar-refractivity contribution < 1.29 is 43.3 Å². The Bertz CT molecular complexity index is 1930. The molecule has 0 saturated carbocycles. The van der Waals surface area contributed by atoms with Gasteiger partial charge in [0.25, 0.3) is 0 Å². The van der Waals surface area contributed by atoms with Crippen LogP contribution in [0.5, 0.6) is 5.75 Å². The molecule has 322 valence electrons. The van der Waals surface area contributed by atoms with Gasteiger partial charge in [0.15, 0.2) is 0 Å². The summed E-state index contributed by atoms with van der Waals surface area (Å²) in [5.41, 5.74) is 9.20. The van der Waals surface area contributed by atoms with Gasteiger partial charge in [-0.15, -0.1) is 0 Å². The molecule has 4 aromatic rings. The fourth-order valence-electron chi connectivity index (χ4n) is 5.97. The van der Waals surface area contributed by atoms with Crippen molar-refractivity contribution in [1.29, 1.82) is 0 Å². The van der Waals surface area contributed by atoms with Gasteiger partial charge in [-0.3, -0.25) is 9.59 Å². The molecule has 5 amide bonds. The number of nitrogens with one attached hydrogen (secondary N) is 4. The number of nitrogens with two attached hydrogens (primary N) is 1. The molecule has 0 aromatic heterocycles. The second-order valence-corrected chi connectivity index (χ2v) is 15.1. The number of carbonyl (C=O) groups excluding carboxylic acids is 5. The van der Waals surface area contributed by atoms with Crippen molar-refractivity contribution in [2.75, 3.05) is 13.1 Å². The number of amides is 5. The predicted molar refractivity (Wildman–Crippen MR) is 229 cm³/mol. The van der Waals surface area contributed by atoms with Crippen molar-refractivity contribution in [2.45, 2.75) is 97.6 Å². The Morgan fingerprint density at radius 1 is 0.650 bits per heavy atom. The normalized spacial score (nSPS) is 11.7. The van der Waals surface area contributed by atoms with Crippen LogP contribution in [0.1, 0.15) is 73.4 Å². The molecule has 0 saturated heterocycles. The summed E-state index contributed by atoms with van der Waals surface area (Å²) in [7, 11) is 0. The molecular weight excluding hydrogens is 767 g/mol. The van der Waals surface area contributed by atoms with E-state index in [1.165, 1.54) is 0 Å². The Kier molecular flexibility index (Phi) is 19.9. The Hall–Kier alpha value is -6.57. The summed E-state index contributed by atoms with van der Waals surface area (Å²) in [4.78, 5) is 62.5. The van der Waals surface area contributed by atoms with Crippen LogP contribution in [0.2, 0.25) is 0 Å². The van der Waals surface area contributed by atoms with Crippen LogP contribution in [0.15, 0.2) is 103 Å². The highest BCUT2D eigenvalue weighted by Crippen LogP contribution is 2.22. The van der Waals surface area contributed by atoms with Gasteiger partial charge in [0.1, 0.15) is 36.6 Å². The van der Waals surface area contributed by atoms with Crippen molar-refractivity contribution in [3.05, 3.63) is 137 Å². The minimum atomic E-state index is -1.09. The molecule has 2 unspecified atom stereocenters. The number of hydrogen-bond donors (Lipinski definition) is 6. The van der Waals surface area contributed by atoms with Crippen LogP contribution in [-0.2, 0) is 49.9 Å². The number of phenols is 1. The number of phenolic OH excluding ortho intramolecular Hbond substituents is 1. The number of primary amides is 1. The van der Waals surface area contributed by atoms with Crippen LogP contribution in [0, 0.1) is 13.8 Å². The van der Waals surface area contributed by atoms with Crippen LogP contribution in [-0.4, -0.2) is 66.0 Å². The maximum absolute atomic E-state index is 13.8. The van der Waals surface area contributed by atoms with E-state index in [0.29, 0.717) is 19.4 Å². The van der Waals surface area contributed by atoms with E-state index in [1.807, 2.05) is 105 Å². The first-order valence-electron chi connectivity index (χ1n) is 19.9. The average Bonchev–Trinajstić information content (AvgIpc) is 3.20. The van der Waals surface area contributed by atoms with Crippen LogP contribution in [0.4, 0.5) is 14.4 Å². The van der Waals surface area contributed by atoms with Crippen molar-refractivity contribution in [3.8, 4) is 5.75 Å². The Balaban J connectivity index is 0.000000753. The van der Waals surface area contributed by atoms with Crippen LogP contribution in [0.25, 0.3) is 0 Å². The van der Waals surface area contributed by atoms with Gasteiger partial charge in [0.2, 0.25) is 11.8 Å². The van der Waals surface area contributed by atoms with Crippen molar-refractivity contribution in [1.82, 2.24) is 21.3 Å². The standard InChI is InChI=1S/C38H50N4O7.C8H9NO2/c1-26-22-30(43)23-27(2)31(26)24-33(42-37(47)49-38(3,4)5)35(45)41-32(34(44)39-20-12-18-28-14-8-6-9-15-28)19-13-21-40-36(46)48-25-29-16-10-7-11-17-29;9-8(10)11-6-7-4-2-1-3-5-7/h6-11,14-17,22-23,32-33,43H,12-13,18-21,24-25H2,1-5H3,(H,39,44)(H,40,46)(H,41,45)(H,42,47);1-5H,6H2,(H2,9,10). The van der Waals surface area contributed by atoms with E-state index in [0.717, 1.165) is 39.8 Å². The summed E-state index contributed by atoms with van der Waals surface area (Å²) in [5.74, 6) is -0.847. The smallest absolute Gasteiger partial charge is 0.408 e. The van der Waals surface area contributed by atoms with E-state index in [1.54, 1.807) is 32.9 Å². The van der Waals surface area contributed by atoms with E-state index in [-0.39, 0.29) is 44.3 Å². The molecule has 4 aromatic carbocycles. The first-order chi connectivity index (χ1) is 28.6. The summed E-state index contributed by atoms with van der Waals surface area (Å²) in [6.07, 6.45) is 0.0538. The second-order valence-electron chi connectivity index (χ2n) is 15.1. The van der Waals surface area contributed by atoms with Gasteiger partial charge in [-0.2, -0.15) is 0 Å². The lowest BCUT2D eigenvalue weighted by molar-refractivity contribution is -0.130. The number of carbonyl (C=O) groups is 5. The minimum Gasteiger partial charge on any atom is -0.508 e. The zero-order chi connectivity index (χ0) is 43.9. The van der Waals surface area contributed by atoms with Gasteiger partial charge in [-0.05, 0) is 106 Å². The molecular formula is C46H59N5O9. The third-order valence-electron chi connectivity index (χ3n) is 8.89. The minimum absolute atomic E-state index is 0.0985. The van der Waals surface area contributed by atoms with Crippen LogP contribution in [0.3, 0.4) is 0 Å². The quantitative estimate of drug-likeness (QED) is 0.0467. The summed E-state index contributed by atoms with van der Waals surface area (Å²) < 4.78 is 15.3. The lowest BCUT2D eigenvalue weighted by atomic mass is 9.95. The topological polar surface area (TPSA) is 207 Å². The van der Waals surface area contributed by atoms with Gasteiger partial charge >= 0.3 is 18.3 Å². The number of benzene rings is 4. The Morgan fingerprint density at radius 3 is 1.70 bits per heavy atom. The average molecular weight is 826 g/mol. The number of aryl methyl sites for hydroxylation is 3. The maximum atomic E-state index is 13.8. The van der Waals surface area contributed by atoms with E-state index in [9.17, 15) is 29.1 Å². The molecule has 7 N–H and O–H groups in total. The molecule has 0 fully saturated rings. The largest absolute Gasteiger partial charge is 0.508 e. The molecule has 2 atom stereocenters. The Labute approximate surface area is 352 Å².